The van der Waals surface area contributed by atoms with E-state index < -0.39 is 23.5 Å². The van der Waals surface area contributed by atoms with Gasteiger partial charge in [-0.2, -0.15) is 0 Å². The molecule has 4 aromatic rings. The van der Waals surface area contributed by atoms with Crippen LogP contribution in [0.4, 0.5) is 0 Å². The lowest BCUT2D eigenvalue weighted by Crippen LogP contribution is -2.30. The van der Waals surface area contributed by atoms with Gasteiger partial charge >= 0.3 is 0 Å². The molecule has 1 aliphatic rings. The number of rotatable bonds is 8. The standard InChI is InChI=1S/C28H24N2O6/c1-3-35-20-10-4-8-18(13-20)24-23(26(32)28(33)30(24)16-17-7-6-12-29-15-17)25(31)22-14-19-9-5-11-21(34-2)27(19)36-22/h4-15,24,32H,3,16H2,1-2H3. The van der Waals surface area contributed by atoms with Crippen molar-refractivity contribution in [3.8, 4) is 11.5 Å². The number of pyridine rings is 1. The Labute approximate surface area is 207 Å². The molecule has 0 fully saturated rings. The third-order valence-corrected chi connectivity index (χ3v) is 6.06. The fourth-order valence-corrected chi connectivity index (χ4v) is 4.47. The number of benzene rings is 2. The van der Waals surface area contributed by atoms with E-state index in [2.05, 4.69) is 4.98 Å². The second-order valence-electron chi connectivity index (χ2n) is 8.28. The van der Waals surface area contributed by atoms with Crippen molar-refractivity contribution >= 4 is 22.7 Å². The molecular weight excluding hydrogens is 460 g/mol. The smallest absolute Gasteiger partial charge is 0.290 e. The number of aliphatic hydroxyl groups is 1. The molecule has 1 N–H and O–H groups in total. The minimum atomic E-state index is -0.860. The molecule has 0 aliphatic carbocycles. The topological polar surface area (TPSA) is 102 Å². The number of hydrogen-bond acceptors (Lipinski definition) is 7. The molecule has 1 atom stereocenters. The number of ether oxygens (including phenoxy) is 2. The predicted molar refractivity (Wildman–Crippen MR) is 132 cm³/mol. The number of hydrogen-bond donors (Lipinski definition) is 1. The highest BCUT2D eigenvalue weighted by atomic mass is 16.5. The van der Waals surface area contributed by atoms with Gasteiger partial charge in [0.05, 0.1) is 25.3 Å². The molecule has 8 nitrogen and oxygen atoms in total. The summed E-state index contributed by atoms with van der Waals surface area (Å²) in [7, 11) is 1.51. The summed E-state index contributed by atoms with van der Waals surface area (Å²) < 4.78 is 16.9. The first kappa shape index (κ1) is 23.2. The van der Waals surface area contributed by atoms with Gasteiger partial charge in [-0.3, -0.25) is 14.6 Å². The molecule has 2 aromatic heterocycles. The number of ketones is 1. The molecule has 182 valence electrons. The van der Waals surface area contributed by atoms with Gasteiger partial charge in [0.15, 0.2) is 22.9 Å². The first-order valence-corrected chi connectivity index (χ1v) is 11.5. The third kappa shape index (κ3) is 4.07. The van der Waals surface area contributed by atoms with Crippen LogP contribution in [0, 0.1) is 0 Å². The number of aromatic nitrogens is 1. The molecule has 1 aliphatic heterocycles. The third-order valence-electron chi connectivity index (χ3n) is 6.06. The van der Waals surface area contributed by atoms with E-state index in [1.54, 1.807) is 67.0 Å². The minimum absolute atomic E-state index is 0.00181. The van der Waals surface area contributed by atoms with Gasteiger partial charge in [-0.25, -0.2) is 0 Å². The quantitative estimate of drug-likeness (QED) is 0.351. The van der Waals surface area contributed by atoms with Gasteiger partial charge < -0.3 is 23.9 Å². The highest BCUT2D eigenvalue weighted by Crippen LogP contribution is 2.41. The van der Waals surface area contributed by atoms with E-state index in [0.29, 0.717) is 34.6 Å². The molecule has 36 heavy (non-hydrogen) atoms. The highest BCUT2D eigenvalue weighted by molar-refractivity contribution is 6.16. The molecule has 0 radical (unpaired) electrons. The van der Waals surface area contributed by atoms with Crippen molar-refractivity contribution in [2.45, 2.75) is 19.5 Å². The molecule has 0 saturated carbocycles. The van der Waals surface area contributed by atoms with Crippen molar-refractivity contribution in [2.24, 2.45) is 0 Å². The van der Waals surface area contributed by atoms with Crippen LogP contribution in [-0.2, 0) is 11.3 Å². The number of Topliss-reactive ketones (excluding diaryl/α,β-unsaturated/α-hetero) is 1. The number of methoxy groups -OCH3 is 1. The van der Waals surface area contributed by atoms with Gasteiger partial charge in [0.1, 0.15) is 5.75 Å². The van der Waals surface area contributed by atoms with Gasteiger partial charge in [-0.15, -0.1) is 0 Å². The number of carbonyl (C=O) groups excluding carboxylic acids is 2. The summed E-state index contributed by atoms with van der Waals surface area (Å²) in [6.07, 6.45) is 3.28. The summed E-state index contributed by atoms with van der Waals surface area (Å²) in [6, 6.07) is 16.8. The molecule has 3 heterocycles. The largest absolute Gasteiger partial charge is 0.503 e. The van der Waals surface area contributed by atoms with Crippen molar-refractivity contribution in [1.29, 1.82) is 0 Å². The Morgan fingerprint density at radius 3 is 2.72 bits per heavy atom. The maximum absolute atomic E-state index is 13.8. The van der Waals surface area contributed by atoms with Crippen LogP contribution >= 0.6 is 0 Å². The van der Waals surface area contributed by atoms with Gasteiger partial charge in [0, 0.05) is 24.3 Å². The number of nitrogens with zero attached hydrogens (tertiary/aromatic N) is 2. The van der Waals surface area contributed by atoms with Gasteiger partial charge in [0.2, 0.25) is 5.78 Å². The highest BCUT2D eigenvalue weighted by Gasteiger charge is 2.44. The summed E-state index contributed by atoms with van der Waals surface area (Å²) in [5.74, 6) is -0.773. The zero-order valence-electron chi connectivity index (χ0n) is 19.8. The fraction of sp³-hybridized carbons (Fsp3) is 0.179. The molecular formula is C28H24N2O6. The van der Waals surface area contributed by atoms with E-state index in [4.69, 9.17) is 13.9 Å². The summed E-state index contributed by atoms with van der Waals surface area (Å²) >= 11 is 0. The zero-order chi connectivity index (χ0) is 25.2. The van der Waals surface area contributed by atoms with E-state index >= 15 is 0 Å². The molecule has 1 unspecified atom stereocenters. The average Bonchev–Trinajstić information content (AvgIpc) is 3.44. The lowest BCUT2D eigenvalue weighted by Gasteiger charge is -2.27. The van der Waals surface area contributed by atoms with Crippen LogP contribution in [0.5, 0.6) is 11.5 Å². The van der Waals surface area contributed by atoms with E-state index in [0.717, 1.165) is 5.56 Å². The Kier molecular flexibility index (Phi) is 6.16. The summed E-state index contributed by atoms with van der Waals surface area (Å²) in [6.45, 7) is 2.47. The number of aliphatic hydroxyl groups excluding tert-OH is 1. The molecule has 0 spiro atoms. The van der Waals surface area contributed by atoms with Crippen molar-refractivity contribution < 1.29 is 28.6 Å². The Morgan fingerprint density at radius 2 is 1.97 bits per heavy atom. The lowest BCUT2D eigenvalue weighted by atomic mass is 9.94. The maximum Gasteiger partial charge on any atom is 0.290 e. The average molecular weight is 485 g/mol. The van der Waals surface area contributed by atoms with Gasteiger partial charge in [-0.1, -0.05) is 30.3 Å². The van der Waals surface area contributed by atoms with Crippen LogP contribution in [0.2, 0.25) is 0 Å². The van der Waals surface area contributed by atoms with Crippen LogP contribution < -0.4 is 9.47 Å². The van der Waals surface area contributed by atoms with Gasteiger partial charge in [0.25, 0.3) is 5.91 Å². The Bertz CT molecular complexity index is 1470. The van der Waals surface area contributed by atoms with Crippen LogP contribution in [-0.4, -0.2) is 40.4 Å². The van der Waals surface area contributed by atoms with E-state index in [-0.39, 0.29) is 17.9 Å². The number of carbonyl (C=O) groups is 2. The van der Waals surface area contributed by atoms with Crippen molar-refractivity contribution in [2.75, 3.05) is 13.7 Å². The van der Waals surface area contributed by atoms with Crippen molar-refractivity contribution in [3.63, 3.8) is 0 Å². The predicted octanol–water partition coefficient (Wildman–Crippen LogP) is 5.01. The number of para-hydroxylation sites is 1. The van der Waals surface area contributed by atoms with Crippen molar-refractivity contribution in [3.05, 3.63) is 101 Å². The number of furan rings is 1. The summed E-state index contributed by atoms with van der Waals surface area (Å²) in [5.41, 5.74) is 1.73. The number of fused-ring (bicyclic) bond motifs is 1. The van der Waals surface area contributed by atoms with Crippen LogP contribution in [0.1, 0.15) is 34.6 Å². The summed E-state index contributed by atoms with van der Waals surface area (Å²) in [4.78, 5) is 32.6. The first-order chi connectivity index (χ1) is 17.5. The maximum atomic E-state index is 13.8. The van der Waals surface area contributed by atoms with E-state index in [1.165, 1.54) is 12.0 Å². The Morgan fingerprint density at radius 1 is 1.14 bits per heavy atom. The van der Waals surface area contributed by atoms with Crippen LogP contribution in [0.25, 0.3) is 11.0 Å². The summed E-state index contributed by atoms with van der Waals surface area (Å²) in [5, 5.41) is 11.6. The first-order valence-electron chi connectivity index (χ1n) is 11.5. The molecule has 1 amide bonds. The molecule has 8 heteroatoms. The van der Waals surface area contributed by atoms with Crippen LogP contribution in [0.3, 0.4) is 0 Å². The van der Waals surface area contributed by atoms with E-state index in [9.17, 15) is 14.7 Å². The SMILES string of the molecule is CCOc1cccc(C2C(C(=O)c3cc4cccc(OC)c4o3)=C(O)C(=O)N2Cc2cccnc2)c1. The second-order valence-corrected chi connectivity index (χ2v) is 8.28. The van der Waals surface area contributed by atoms with E-state index in [1.807, 2.05) is 13.0 Å². The molecule has 0 saturated heterocycles. The lowest BCUT2D eigenvalue weighted by molar-refractivity contribution is -0.130. The molecule has 2 aromatic carbocycles. The van der Waals surface area contributed by atoms with Crippen molar-refractivity contribution in [1.82, 2.24) is 9.88 Å². The molecule has 0 bridgehead atoms. The molecule has 5 rings (SSSR count). The monoisotopic (exact) mass is 484 g/mol. The van der Waals surface area contributed by atoms with Gasteiger partial charge in [-0.05, 0) is 48.4 Å². The number of amides is 1. The zero-order valence-corrected chi connectivity index (χ0v) is 19.8. The minimum Gasteiger partial charge on any atom is -0.503 e. The Hall–Kier alpha value is -4.59. The van der Waals surface area contributed by atoms with Crippen LogP contribution in [0.15, 0.2) is 88.8 Å². The fourth-order valence-electron chi connectivity index (χ4n) is 4.47. The second kappa shape index (κ2) is 9.58. The Balaban J connectivity index is 1.61. The normalized spacial score (nSPS) is 15.6.